The lowest BCUT2D eigenvalue weighted by molar-refractivity contribution is -0.238. The van der Waals surface area contributed by atoms with Crippen molar-refractivity contribution in [3.05, 3.63) is 0 Å². The molecule has 4 N–H and O–H groups in total. The zero-order chi connectivity index (χ0) is 16.8. The molecule has 0 amide bonds. The van der Waals surface area contributed by atoms with Crippen LogP contribution in [0.2, 0.25) is 0 Å². The molecule has 0 aromatic rings. The van der Waals surface area contributed by atoms with Crippen molar-refractivity contribution in [3.8, 4) is 0 Å². The summed E-state index contributed by atoms with van der Waals surface area (Å²) in [4.78, 5) is 11.5. The molecule has 0 aliphatic heterocycles. The summed E-state index contributed by atoms with van der Waals surface area (Å²) in [5.41, 5.74) is 0. The lowest BCUT2D eigenvalue weighted by Crippen LogP contribution is -2.49. The standard InChI is InChI=1S/C17H34O5/c1-2-3-4-5-6-7-8-9-10-11-12-13-15(19)16(20)17(21,22)14-18/h16,18,20-22H,2-14H2,1H3. The molecule has 0 spiro atoms. The lowest BCUT2D eigenvalue weighted by atomic mass is 10.0. The van der Waals surface area contributed by atoms with Crippen LogP contribution in [-0.2, 0) is 4.79 Å². The summed E-state index contributed by atoms with van der Waals surface area (Å²) in [5.74, 6) is -3.36. The number of aliphatic hydroxyl groups excluding tert-OH is 2. The topological polar surface area (TPSA) is 98.0 Å². The molecule has 0 heterocycles. The van der Waals surface area contributed by atoms with Crippen molar-refractivity contribution in [2.75, 3.05) is 6.61 Å². The summed E-state index contributed by atoms with van der Waals surface area (Å²) in [6.07, 6.45) is 11.0. The highest BCUT2D eigenvalue weighted by molar-refractivity contribution is 5.83. The smallest absolute Gasteiger partial charge is 0.220 e. The van der Waals surface area contributed by atoms with Gasteiger partial charge >= 0.3 is 0 Å². The molecule has 0 rings (SSSR count). The fourth-order valence-electron chi connectivity index (χ4n) is 2.44. The van der Waals surface area contributed by atoms with Crippen molar-refractivity contribution >= 4 is 5.78 Å². The zero-order valence-corrected chi connectivity index (χ0v) is 14.0. The summed E-state index contributed by atoms with van der Waals surface area (Å²) in [6, 6.07) is 0. The van der Waals surface area contributed by atoms with E-state index in [-0.39, 0.29) is 6.42 Å². The Labute approximate surface area is 134 Å². The molecule has 1 atom stereocenters. The molecule has 0 bridgehead atoms. The molecule has 0 fully saturated rings. The van der Waals surface area contributed by atoms with Gasteiger partial charge in [0.05, 0.1) is 6.61 Å². The lowest BCUT2D eigenvalue weighted by Gasteiger charge is -2.23. The first kappa shape index (κ1) is 21.5. The average molecular weight is 318 g/mol. The van der Waals surface area contributed by atoms with Gasteiger partial charge in [-0.2, -0.15) is 0 Å². The maximum absolute atomic E-state index is 11.5. The Bertz CT molecular complexity index is 278. The second-order valence-electron chi connectivity index (χ2n) is 6.19. The highest BCUT2D eigenvalue weighted by atomic mass is 16.5. The van der Waals surface area contributed by atoms with E-state index < -0.39 is 24.3 Å². The van der Waals surface area contributed by atoms with Gasteiger partial charge in [0.25, 0.3) is 0 Å². The van der Waals surface area contributed by atoms with Crippen LogP contribution < -0.4 is 0 Å². The molecule has 0 saturated heterocycles. The van der Waals surface area contributed by atoms with Gasteiger partial charge in [0, 0.05) is 6.42 Å². The van der Waals surface area contributed by atoms with Crippen molar-refractivity contribution in [3.63, 3.8) is 0 Å². The minimum absolute atomic E-state index is 0.112. The van der Waals surface area contributed by atoms with E-state index in [2.05, 4.69) is 6.92 Å². The summed E-state index contributed by atoms with van der Waals surface area (Å²) in [6.45, 7) is 1.16. The van der Waals surface area contributed by atoms with Gasteiger partial charge in [0.15, 0.2) is 11.9 Å². The van der Waals surface area contributed by atoms with Crippen LogP contribution in [-0.4, -0.2) is 44.7 Å². The van der Waals surface area contributed by atoms with Crippen molar-refractivity contribution in [1.29, 1.82) is 0 Å². The second-order valence-corrected chi connectivity index (χ2v) is 6.19. The van der Waals surface area contributed by atoms with Crippen molar-refractivity contribution in [2.24, 2.45) is 0 Å². The SMILES string of the molecule is CCCCCCCCCCCCCC(=O)C(O)C(O)(O)CO. The molecule has 0 aliphatic carbocycles. The molecule has 5 nitrogen and oxygen atoms in total. The fraction of sp³-hybridized carbons (Fsp3) is 0.941. The number of Topliss-reactive ketones (excluding diaryl/α,β-unsaturated/α-hetero) is 1. The van der Waals surface area contributed by atoms with E-state index in [1.165, 1.54) is 44.9 Å². The van der Waals surface area contributed by atoms with Crippen LogP contribution in [0.15, 0.2) is 0 Å². The highest BCUT2D eigenvalue weighted by Gasteiger charge is 2.37. The molecule has 22 heavy (non-hydrogen) atoms. The number of carbonyl (C=O) groups is 1. The Morgan fingerprint density at radius 2 is 1.27 bits per heavy atom. The number of ketones is 1. The van der Waals surface area contributed by atoms with Crippen LogP contribution in [0, 0.1) is 0 Å². The maximum Gasteiger partial charge on any atom is 0.220 e. The minimum atomic E-state index is -2.73. The number of aliphatic hydroxyl groups is 4. The molecule has 0 aromatic heterocycles. The van der Waals surface area contributed by atoms with Crippen LogP contribution in [0.4, 0.5) is 0 Å². The van der Waals surface area contributed by atoms with Crippen molar-refractivity contribution in [1.82, 2.24) is 0 Å². The molecule has 0 saturated carbocycles. The average Bonchev–Trinajstić information content (AvgIpc) is 2.51. The zero-order valence-electron chi connectivity index (χ0n) is 14.0. The van der Waals surface area contributed by atoms with E-state index in [1.54, 1.807) is 0 Å². The highest BCUT2D eigenvalue weighted by Crippen LogP contribution is 2.14. The number of carbonyl (C=O) groups excluding carboxylic acids is 1. The number of unbranched alkanes of at least 4 members (excludes halogenated alkanes) is 10. The van der Waals surface area contributed by atoms with Gasteiger partial charge in [-0.1, -0.05) is 71.1 Å². The van der Waals surface area contributed by atoms with Gasteiger partial charge < -0.3 is 20.4 Å². The Kier molecular flexibility index (Phi) is 12.7. The summed E-state index contributed by atoms with van der Waals surface area (Å²) < 4.78 is 0. The molecule has 0 aromatic carbocycles. The normalized spacial score (nSPS) is 13.3. The van der Waals surface area contributed by atoms with E-state index in [4.69, 9.17) is 5.11 Å². The predicted molar refractivity (Wildman–Crippen MR) is 86.3 cm³/mol. The summed E-state index contributed by atoms with van der Waals surface area (Å²) in [7, 11) is 0. The van der Waals surface area contributed by atoms with Gasteiger partial charge in [-0.25, -0.2) is 0 Å². The van der Waals surface area contributed by atoms with Crippen LogP contribution in [0.25, 0.3) is 0 Å². The molecule has 132 valence electrons. The molecule has 1 unspecified atom stereocenters. The Hall–Kier alpha value is -0.490. The largest absolute Gasteiger partial charge is 0.391 e. The van der Waals surface area contributed by atoms with E-state index in [9.17, 15) is 20.1 Å². The van der Waals surface area contributed by atoms with Gasteiger partial charge in [-0.15, -0.1) is 0 Å². The van der Waals surface area contributed by atoms with Crippen molar-refractivity contribution < 1.29 is 25.2 Å². The van der Waals surface area contributed by atoms with Crippen molar-refractivity contribution in [2.45, 2.75) is 95.9 Å². The monoisotopic (exact) mass is 318 g/mol. The van der Waals surface area contributed by atoms with E-state index in [0.717, 1.165) is 19.3 Å². The predicted octanol–water partition coefficient (Wildman–Crippen LogP) is 2.29. The van der Waals surface area contributed by atoms with Crippen LogP contribution in [0.3, 0.4) is 0 Å². The van der Waals surface area contributed by atoms with Crippen LogP contribution in [0.5, 0.6) is 0 Å². The Balaban J connectivity index is 3.44. The number of hydrogen-bond donors (Lipinski definition) is 4. The van der Waals surface area contributed by atoms with E-state index in [1.807, 2.05) is 0 Å². The van der Waals surface area contributed by atoms with Gasteiger partial charge in [-0.3, -0.25) is 4.79 Å². The van der Waals surface area contributed by atoms with E-state index >= 15 is 0 Å². The first-order valence-corrected chi connectivity index (χ1v) is 8.72. The molecule has 0 radical (unpaired) electrons. The minimum Gasteiger partial charge on any atom is -0.391 e. The quantitative estimate of drug-likeness (QED) is 0.274. The first-order chi connectivity index (χ1) is 10.5. The van der Waals surface area contributed by atoms with E-state index in [0.29, 0.717) is 6.42 Å². The molecular formula is C17H34O5. The third kappa shape index (κ3) is 10.3. The van der Waals surface area contributed by atoms with Gasteiger partial charge in [-0.05, 0) is 6.42 Å². The number of hydrogen-bond acceptors (Lipinski definition) is 5. The summed E-state index contributed by atoms with van der Waals surface area (Å²) >= 11 is 0. The second kappa shape index (κ2) is 13.0. The number of rotatable bonds is 15. The Morgan fingerprint density at radius 1 is 0.864 bits per heavy atom. The third-order valence-corrected chi connectivity index (χ3v) is 4.00. The molecular weight excluding hydrogens is 284 g/mol. The first-order valence-electron chi connectivity index (χ1n) is 8.72. The summed E-state index contributed by atoms with van der Waals surface area (Å²) in [5, 5.41) is 36.4. The molecule has 5 heteroatoms. The molecule has 0 aliphatic rings. The third-order valence-electron chi connectivity index (χ3n) is 4.00. The van der Waals surface area contributed by atoms with Crippen LogP contribution >= 0.6 is 0 Å². The van der Waals surface area contributed by atoms with Gasteiger partial charge in [0.1, 0.15) is 0 Å². The maximum atomic E-state index is 11.5. The Morgan fingerprint density at radius 3 is 1.68 bits per heavy atom. The fourth-order valence-corrected chi connectivity index (χ4v) is 2.44. The van der Waals surface area contributed by atoms with Crippen LogP contribution in [0.1, 0.15) is 84.0 Å². The van der Waals surface area contributed by atoms with Gasteiger partial charge in [0.2, 0.25) is 5.79 Å².